The van der Waals surface area contributed by atoms with E-state index >= 15 is 0 Å². The maximum atomic E-state index is 11.4. The Morgan fingerprint density at radius 3 is 1.80 bits per heavy atom. The van der Waals surface area contributed by atoms with E-state index in [9.17, 15) is 13.2 Å². The van der Waals surface area contributed by atoms with Gasteiger partial charge in [0.1, 0.15) is 0 Å². The van der Waals surface area contributed by atoms with Crippen molar-refractivity contribution in [2.24, 2.45) is 5.73 Å². The molecule has 0 atom stereocenters. The smallest absolute Gasteiger partial charge is 0.404 e. The molecule has 0 aromatic heterocycles. The van der Waals surface area contributed by atoms with Crippen LogP contribution < -0.4 is 5.73 Å². The molecule has 0 saturated heterocycles. The van der Waals surface area contributed by atoms with E-state index < -0.39 is 11.7 Å². The van der Waals surface area contributed by atoms with Gasteiger partial charge in [-0.3, -0.25) is 0 Å². The predicted molar refractivity (Wildman–Crippen MR) is 34.4 cm³/mol. The minimum Gasteiger partial charge on any atom is -0.404 e. The van der Waals surface area contributed by atoms with Gasteiger partial charge >= 0.3 is 6.18 Å². The first-order valence-corrected chi connectivity index (χ1v) is 2.02. The molecule has 0 unspecified atom stereocenters. The lowest BCUT2D eigenvalue weighted by molar-refractivity contribution is -0.0858. The maximum absolute atomic E-state index is 11.4. The third kappa shape index (κ3) is 3.34. The van der Waals surface area contributed by atoms with Gasteiger partial charge in [-0.1, -0.05) is 0 Å². The Balaban J connectivity index is 0. The summed E-state index contributed by atoms with van der Waals surface area (Å²) in [5, 5.41) is 6.22. The molecular formula is C4H6ClF3N2. The highest BCUT2D eigenvalue weighted by Crippen LogP contribution is 2.22. The van der Waals surface area contributed by atoms with Gasteiger partial charge in [-0.25, -0.2) is 0 Å². The average Bonchev–Trinajstić information content (AvgIpc) is 1.65. The van der Waals surface area contributed by atoms with Crippen LogP contribution in [0.5, 0.6) is 0 Å². The van der Waals surface area contributed by atoms with Crippen LogP contribution in [0.1, 0.15) is 0 Å². The molecule has 0 aliphatic carbocycles. The Morgan fingerprint density at radius 1 is 1.40 bits per heavy atom. The topological polar surface area (TPSA) is 49.9 Å². The SMILES string of the molecule is Cl.N=CC(=CN)C(F)(F)F. The number of halogens is 4. The number of hydrogen-bond acceptors (Lipinski definition) is 2. The Kier molecular flexibility index (Phi) is 5.00. The zero-order valence-electron chi connectivity index (χ0n) is 4.77. The van der Waals surface area contributed by atoms with Crippen LogP contribution in [0.15, 0.2) is 11.8 Å². The number of hydrogen-bond donors (Lipinski definition) is 2. The van der Waals surface area contributed by atoms with E-state index in [4.69, 9.17) is 5.41 Å². The Morgan fingerprint density at radius 2 is 1.80 bits per heavy atom. The van der Waals surface area contributed by atoms with Crippen LogP contribution >= 0.6 is 12.4 Å². The molecule has 3 N–H and O–H groups in total. The molecule has 0 saturated carbocycles. The van der Waals surface area contributed by atoms with Crippen molar-refractivity contribution in [2.45, 2.75) is 6.18 Å². The summed E-state index contributed by atoms with van der Waals surface area (Å²) in [6.45, 7) is 0. The predicted octanol–water partition coefficient (Wildman–Crippen LogP) is 1.46. The van der Waals surface area contributed by atoms with E-state index in [-0.39, 0.29) is 18.6 Å². The third-order valence-corrected chi connectivity index (χ3v) is 0.662. The third-order valence-electron chi connectivity index (χ3n) is 0.662. The van der Waals surface area contributed by atoms with Gasteiger partial charge < -0.3 is 11.1 Å². The van der Waals surface area contributed by atoms with E-state index in [0.717, 1.165) is 0 Å². The van der Waals surface area contributed by atoms with E-state index in [2.05, 4.69) is 5.73 Å². The number of rotatable bonds is 1. The summed E-state index contributed by atoms with van der Waals surface area (Å²) in [6.07, 6.45) is -3.97. The number of alkyl halides is 3. The molecule has 2 nitrogen and oxygen atoms in total. The largest absolute Gasteiger partial charge is 0.419 e. The van der Waals surface area contributed by atoms with Crippen LogP contribution in [0.2, 0.25) is 0 Å². The van der Waals surface area contributed by atoms with Crippen molar-refractivity contribution in [3.05, 3.63) is 11.8 Å². The molecule has 0 aliphatic heterocycles. The van der Waals surface area contributed by atoms with Crippen molar-refractivity contribution >= 4 is 18.6 Å². The van der Waals surface area contributed by atoms with Gasteiger partial charge in [-0.2, -0.15) is 13.2 Å². The molecule has 60 valence electrons. The molecule has 0 bridgehead atoms. The van der Waals surface area contributed by atoms with Crippen molar-refractivity contribution in [3.63, 3.8) is 0 Å². The summed E-state index contributed by atoms with van der Waals surface area (Å²) < 4.78 is 34.3. The second-order valence-corrected chi connectivity index (χ2v) is 1.26. The molecule has 0 heterocycles. The number of allylic oxidation sites excluding steroid dienone is 1. The van der Waals surface area contributed by atoms with Gasteiger partial charge in [0.15, 0.2) is 0 Å². The standard InChI is InChI=1S/C4H5F3N2.ClH/c5-4(6,7)3(1-8)2-9;/h1-2,8H,9H2;1H. The van der Waals surface area contributed by atoms with Gasteiger partial charge in [-0.05, 0) is 0 Å². The summed E-state index contributed by atoms with van der Waals surface area (Å²) in [5.74, 6) is 0. The van der Waals surface area contributed by atoms with Crippen molar-refractivity contribution in [1.82, 2.24) is 0 Å². The molecule has 0 radical (unpaired) electrons. The Bertz CT molecular complexity index is 140. The molecule has 0 amide bonds. The second kappa shape index (κ2) is 4.16. The molecule has 0 aliphatic rings. The zero-order valence-corrected chi connectivity index (χ0v) is 5.59. The fourth-order valence-electron chi connectivity index (χ4n) is 0.224. The van der Waals surface area contributed by atoms with Crippen LogP contribution in [-0.2, 0) is 0 Å². The van der Waals surface area contributed by atoms with Crippen LogP contribution in [0.25, 0.3) is 0 Å². The van der Waals surface area contributed by atoms with E-state index in [1.54, 1.807) is 0 Å². The molecular weight excluding hydrogens is 169 g/mol. The number of nitrogens with one attached hydrogen (secondary N) is 1. The summed E-state index contributed by atoms with van der Waals surface area (Å²) >= 11 is 0. The van der Waals surface area contributed by atoms with Crippen LogP contribution in [0.4, 0.5) is 13.2 Å². The minimum absolute atomic E-state index is 0. The number of nitrogens with two attached hydrogens (primary N) is 1. The van der Waals surface area contributed by atoms with Crippen molar-refractivity contribution < 1.29 is 13.2 Å². The highest BCUT2D eigenvalue weighted by molar-refractivity contribution is 5.85. The first-order valence-electron chi connectivity index (χ1n) is 2.02. The lowest BCUT2D eigenvalue weighted by atomic mass is 10.3. The lowest BCUT2D eigenvalue weighted by Gasteiger charge is -2.03. The normalized spacial score (nSPS) is 12.1. The molecule has 10 heavy (non-hydrogen) atoms. The average molecular weight is 175 g/mol. The van der Waals surface area contributed by atoms with E-state index in [1.807, 2.05) is 0 Å². The molecule has 0 fully saturated rings. The van der Waals surface area contributed by atoms with Crippen LogP contribution in [0.3, 0.4) is 0 Å². The first kappa shape index (κ1) is 12.0. The highest BCUT2D eigenvalue weighted by Gasteiger charge is 2.31. The molecule has 0 rings (SSSR count). The van der Waals surface area contributed by atoms with Gasteiger partial charge in [-0.15, -0.1) is 12.4 Å². The van der Waals surface area contributed by atoms with Gasteiger partial charge in [0.2, 0.25) is 0 Å². The fraction of sp³-hybridized carbons (Fsp3) is 0.250. The van der Waals surface area contributed by atoms with Crippen LogP contribution in [-0.4, -0.2) is 12.4 Å². The van der Waals surface area contributed by atoms with Crippen molar-refractivity contribution in [3.8, 4) is 0 Å². The lowest BCUT2D eigenvalue weighted by Crippen LogP contribution is -2.13. The summed E-state index contributed by atoms with van der Waals surface area (Å²) in [4.78, 5) is 0. The monoisotopic (exact) mass is 174 g/mol. The summed E-state index contributed by atoms with van der Waals surface area (Å²) in [5.41, 5.74) is 3.40. The van der Waals surface area contributed by atoms with Crippen molar-refractivity contribution in [1.29, 1.82) is 5.41 Å². The Labute approximate surface area is 61.8 Å². The second-order valence-electron chi connectivity index (χ2n) is 1.26. The van der Waals surface area contributed by atoms with Gasteiger partial charge in [0.05, 0.1) is 5.57 Å². The van der Waals surface area contributed by atoms with Crippen LogP contribution in [0, 0.1) is 5.41 Å². The zero-order chi connectivity index (χ0) is 7.49. The van der Waals surface area contributed by atoms with E-state index in [1.165, 1.54) is 0 Å². The first-order chi connectivity index (χ1) is 4.02. The minimum atomic E-state index is -4.49. The van der Waals surface area contributed by atoms with Gasteiger partial charge in [0, 0.05) is 12.4 Å². The quantitative estimate of drug-likeness (QED) is 0.581. The molecule has 0 aromatic rings. The molecule has 0 aromatic carbocycles. The maximum Gasteiger partial charge on any atom is 0.419 e. The summed E-state index contributed by atoms with van der Waals surface area (Å²) in [6, 6.07) is 0. The van der Waals surface area contributed by atoms with Gasteiger partial charge in [0.25, 0.3) is 0 Å². The van der Waals surface area contributed by atoms with E-state index in [0.29, 0.717) is 6.20 Å². The fourth-order valence-corrected chi connectivity index (χ4v) is 0.224. The molecule has 0 spiro atoms. The highest BCUT2D eigenvalue weighted by atomic mass is 35.5. The summed E-state index contributed by atoms with van der Waals surface area (Å²) in [7, 11) is 0. The molecule has 6 heteroatoms. The Hall–Kier alpha value is -0.710. The van der Waals surface area contributed by atoms with Crippen molar-refractivity contribution in [2.75, 3.05) is 0 Å².